The van der Waals surface area contributed by atoms with E-state index < -0.39 is 5.97 Å². The van der Waals surface area contributed by atoms with E-state index in [1.807, 2.05) is 6.07 Å². The number of benzene rings is 1. The van der Waals surface area contributed by atoms with Crippen molar-refractivity contribution < 1.29 is 19.7 Å². The number of nitrogens with two attached hydrogens (primary N) is 1. The van der Waals surface area contributed by atoms with Gasteiger partial charge in [-0.25, -0.2) is 0 Å². The third-order valence-corrected chi connectivity index (χ3v) is 5.76. The van der Waals surface area contributed by atoms with E-state index in [1.54, 1.807) is 0 Å². The number of rotatable bonds is 5. The van der Waals surface area contributed by atoms with E-state index >= 15 is 0 Å². The fourth-order valence-corrected chi connectivity index (χ4v) is 4.30. The molecule has 0 saturated heterocycles. The zero-order valence-electron chi connectivity index (χ0n) is 17.6. The van der Waals surface area contributed by atoms with Gasteiger partial charge in [0.15, 0.2) is 0 Å². The van der Waals surface area contributed by atoms with Crippen molar-refractivity contribution in [1.29, 1.82) is 0 Å². The Morgan fingerprint density at radius 1 is 1.36 bits per heavy atom. The third-order valence-electron chi connectivity index (χ3n) is 5.76. The number of allylic oxidation sites excluding steroid dienone is 2. The molecular formula is C23H34NO4-. The van der Waals surface area contributed by atoms with Gasteiger partial charge in [0, 0.05) is 23.9 Å². The van der Waals surface area contributed by atoms with Crippen LogP contribution in [0.2, 0.25) is 0 Å². The summed E-state index contributed by atoms with van der Waals surface area (Å²) in [6.07, 6.45) is 9.26. The molecule has 28 heavy (non-hydrogen) atoms. The predicted octanol–water partition coefficient (Wildman–Crippen LogP) is 3.43. The Morgan fingerprint density at radius 3 is 2.64 bits per heavy atom. The summed E-state index contributed by atoms with van der Waals surface area (Å²) in [7, 11) is 0. The zero-order valence-corrected chi connectivity index (χ0v) is 17.6. The molecule has 5 heteroatoms. The summed E-state index contributed by atoms with van der Waals surface area (Å²) >= 11 is 0. The van der Waals surface area contributed by atoms with Crippen molar-refractivity contribution in [3.8, 4) is 11.5 Å². The number of phenolic OH excluding ortho intramolecular Hbond substituents is 1. The molecule has 0 spiro atoms. The standard InChI is InChI=1S/C21H30O2.C2H5NO2/c1-5-6-7-8-15-12-18(22)20-16-11-14(2)9-10-17(16)21(3,4)23-19(20)13-15;3-1-2(4)5/h11-13,16-17,22H,5-10H2,1-4H3;1,3H2,(H,4,5)/p-1/t16-,17-;/m1./s1. The van der Waals surface area contributed by atoms with E-state index in [-0.39, 0.29) is 18.1 Å². The number of carbonyl (C=O) groups excluding carboxylic acids is 1. The number of carboxylic acid groups (broad SMARTS) is 1. The lowest BCUT2D eigenvalue weighted by Gasteiger charge is -2.46. The van der Waals surface area contributed by atoms with Crippen molar-refractivity contribution in [2.45, 2.75) is 77.7 Å². The molecule has 0 fully saturated rings. The molecule has 0 amide bonds. The van der Waals surface area contributed by atoms with Crippen molar-refractivity contribution >= 4 is 5.97 Å². The van der Waals surface area contributed by atoms with Crippen LogP contribution in [0.15, 0.2) is 23.8 Å². The Morgan fingerprint density at radius 2 is 2.04 bits per heavy atom. The van der Waals surface area contributed by atoms with Gasteiger partial charge in [0.05, 0.1) is 5.97 Å². The molecule has 0 aromatic heterocycles. The van der Waals surface area contributed by atoms with Gasteiger partial charge in [-0.15, -0.1) is 0 Å². The fraction of sp³-hybridized carbons (Fsp3) is 0.609. The van der Waals surface area contributed by atoms with Crippen LogP contribution in [-0.4, -0.2) is 23.2 Å². The number of carbonyl (C=O) groups is 1. The number of fused-ring (bicyclic) bond motifs is 3. The lowest BCUT2D eigenvalue weighted by Crippen LogP contribution is -2.45. The van der Waals surface area contributed by atoms with E-state index in [9.17, 15) is 5.11 Å². The molecule has 156 valence electrons. The average Bonchev–Trinajstić information content (AvgIpc) is 2.61. The van der Waals surface area contributed by atoms with Crippen LogP contribution < -0.4 is 15.6 Å². The quantitative estimate of drug-likeness (QED) is 0.595. The molecule has 1 aliphatic heterocycles. The minimum atomic E-state index is -1.22. The van der Waals surface area contributed by atoms with Crippen LogP contribution in [0, 0.1) is 5.92 Å². The van der Waals surface area contributed by atoms with Crippen LogP contribution in [0.25, 0.3) is 0 Å². The lowest BCUT2D eigenvalue weighted by molar-refractivity contribution is -0.303. The molecule has 1 heterocycles. The maximum absolute atomic E-state index is 10.7. The van der Waals surface area contributed by atoms with Crippen molar-refractivity contribution in [2.75, 3.05) is 6.54 Å². The van der Waals surface area contributed by atoms with Gasteiger partial charge < -0.3 is 25.5 Å². The molecule has 2 atom stereocenters. The van der Waals surface area contributed by atoms with Gasteiger partial charge >= 0.3 is 0 Å². The highest BCUT2D eigenvalue weighted by Gasteiger charge is 2.45. The second-order valence-electron chi connectivity index (χ2n) is 8.45. The second kappa shape index (κ2) is 9.46. The monoisotopic (exact) mass is 388 g/mol. The first-order chi connectivity index (χ1) is 13.2. The van der Waals surface area contributed by atoms with Crippen molar-refractivity contribution in [1.82, 2.24) is 0 Å². The molecular weight excluding hydrogens is 354 g/mol. The number of aliphatic carboxylic acids is 1. The summed E-state index contributed by atoms with van der Waals surface area (Å²) in [6, 6.07) is 4.13. The maximum atomic E-state index is 10.7. The minimum absolute atomic E-state index is 0.177. The first-order valence-corrected chi connectivity index (χ1v) is 10.3. The van der Waals surface area contributed by atoms with Gasteiger partial charge in [0.2, 0.25) is 0 Å². The van der Waals surface area contributed by atoms with E-state index in [4.69, 9.17) is 14.6 Å². The number of carboxylic acids is 1. The number of phenols is 1. The number of unbranched alkanes of at least 4 members (excludes halogenated alkanes) is 2. The summed E-state index contributed by atoms with van der Waals surface area (Å²) in [4.78, 5) is 9.13. The summed E-state index contributed by atoms with van der Waals surface area (Å²) < 4.78 is 6.36. The highest BCUT2D eigenvalue weighted by atomic mass is 16.5. The van der Waals surface area contributed by atoms with Crippen LogP contribution in [0.5, 0.6) is 11.5 Å². The lowest BCUT2D eigenvalue weighted by atomic mass is 9.68. The Hall–Kier alpha value is -2.01. The Balaban J connectivity index is 0.000000500. The van der Waals surface area contributed by atoms with E-state index in [2.05, 4.69) is 45.6 Å². The fourth-order valence-electron chi connectivity index (χ4n) is 4.30. The minimum Gasteiger partial charge on any atom is -0.549 e. The molecule has 2 aliphatic rings. The van der Waals surface area contributed by atoms with Gasteiger partial charge in [0.1, 0.15) is 17.1 Å². The predicted molar refractivity (Wildman–Crippen MR) is 109 cm³/mol. The van der Waals surface area contributed by atoms with Crippen LogP contribution >= 0.6 is 0 Å². The summed E-state index contributed by atoms with van der Waals surface area (Å²) in [5, 5.41) is 19.8. The van der Waals surface area contributed by atoms with Gasteiger partial charge in [-0.05, 0) is 64.2 Å². The smallest absolute Gasteiger partial charge is 0.127 e. The van der Waals surface area contributed by atoms with E-state index in [0.717, 1.165) is 30.6 Å². The Labute approximate surface area is 168 Å². The SMILES string of the molecule is CCCCCc1cc(O)c2c(c1)OC(C)(C)[C@@H]1CCC(C)=C[C@@H]21.NCC(=O)[O-]. The molecule has 0 bridgehead atoms. The maximum Gasteiger partial charge on any atom is 0.127 e. The third kappa shape index (κ3) is 5.28. The van der Waals surface area contributed by atoms with Crippen molar-refractivity contribution in [3.05, 3.63) is 34.9 Å². The number of hydrogen-bond acceptors (Lipinski definition) is 5. The van der Waals surface area contributed by atoms with Crippen molar-refractivity contribution in [3.63, 3.8) is 0 Å². The average molecular weight is 389 g/mol. The molecule has 0 saturated carbocycles. The number of aryl methyl sites for hydroxylation is 1. The molecule has 0 unspecified atom stereocenters. The van der Waals surface area contributed by atoms with Gasteiger partial charge in [0.25, 0.3) is 0 Å². The van der Waals surface area contributed by atoms with Crippen LogP contribution in [0.1, 0.15) is 76.8 Å². The second-order valence-corrected chi connectivity index (χ2v) is 8.45. The summed E-state index contributed by atoms with van der Waals surface area (Å²) in [5.74, 6) is 0.826. The molecule has 3 N–H and O–H groups in total. The van der Waals surface area contributed by atoms with E-state index in [0.29, 0.717) is 11.7 Å². The molecule has 1 aromatic carbocycles. The Bertz CT molecular complexity index is 724. The summed E-state index contributed by atoms with van der Waals surface area (Å²) in [6.45, 7) is 8.42. The first kappa shape index (κ1) is 22.3. The highest BCUT2D eigenvalue weighted by Crippen LogP contribution is 2.53. The van der Waals surface area contributed by atoms with Crippen LogP contribution in [-0.2, 0) is 11.2 Å². The molecule has 3 rings (SSSR count). The zero-order chi connectivity index (χ0) is 20.9. The van der Waals surface area contributed by atoms with Gasteiger partial charge in [-0.2, -0.15) is 0 Å². The van der Waals surface area contributed by atoms with Gasteiger partial charge in [-0.1, -0.05) is 31.4 Å². The highest BCUT2D eigenvalue weighted by molar-refractivity contribution is 5.66. The Kier molecular flexibility index (Phi) is 7.53. The van der Waals surface area contributed by atoms with E-state index in [1.165, 1.54) is 30.4 Å². The van der Waals surface area contributed by atoms with Gasteiger partial charge in [-0.3, -0.25) is 0 Å². The number of aromatic hydroxyl groups is 1. The normalized spacial score (nSPS) is 22.0. The summed E-state index contributed by atoms with van der Waals surface area (Å²) in [5.41, 5.74) is 7.97. The number of hydrogen-bond donors (Lipinski definition) is 2. The molecule has 1 aromatic rings. The largest absolute Gasteiger partial charge is 0.549 e. The topological polar surface area (TPSA) is 95.6 Å². The van der Waals surface area contributed by atoms with Crippen LogP contribution in [0.4, 0.5) is 0 Å². The molecule has 5 nitrogen and oxygen atoms in total. The number of ether oxygens (including phenoxy) is 1. The molecule has 0 radical (unpaired) electrons. The van der Waals surface area contributed by atoms with Crippen LogP contribution in [0.3, 0.4) is 0 Å². The first-order valence-electron chi connectivity index (χ1n) is 10.3. The molecule has 1 aliphatic carbocycles. The van der Waals surface area contributed by atoms with Crippen molar-refractivity contribution in [2.24, 2.45) is 11.7 Å².